The van der Waals surface area contributed by atoms with Crippen LogP contribution in [0, 0.1) is 10.1 Å². The van der Waals surface area contributed by atoms with E-state index in [9.17, 15) is 19.7 Å². The number of rotatable bonds is 5. The molecule has 0 radical (unpaired) electrons. The highest BCUT2D eigenvalue weighted by Gasteiger charge is 2.18. The van der Waals surface area contributed by atoms with E-state index in [0.717, 1.165) is 10.8 Å². The third-order valence-electron chi connectivity index (χ3n) is 2.19. The lowest BCUT2D eigenvalue weighted by molar-refractivity contribution is -0.387. The summed E-state index contributed by atoms with van der Waals surface area (Å²) < 4.78 is 2.07. The number of aromatic nitrogens is 2. The van der Waals surface area contributed by atoms with Gasteiger partial charge in [0.25, 0.3) is 0 Å². The van der Waals surface area contributed by atoms with Crippen LogP contribution in [0.5, 0.6) is 0 Å². The van der Waals surface area contributed by atoms with Crippen molar-refractivity contribution in [1.82, 2.24) is 9.13 Å². The summed E-state index contributed by atoms with van der Waals surface area (Å²) >= 11 is 3.10. The monoisotopic (exact) mass is 305 g/mol. The topological polar surface area (TPSA) is 87.1 Å². The Bertz CT molecular complexity index is 534. The van der Waals surface area contributed by atoms with Gasteiger partial charge in [-0.25, -0.2) is 4.79 Å². The van der Waals surface area contributed by atoms with Gasteiger partial charge in [0, 0.05) is 18.4 Å². The van der Waals surface area contributed by atoms with E-state index >= 15 is 0 Å². The van der Waals surface area contributed by atoms with Crippen LogP contribution >= 0.6 is 15.9 Å². The van der Waals surface area contributed by atoms with Crippen molar-refractivity contribution >= 4 is 21.6 Å². The first kappa shape index (κ1) is 13.6. The Hall–Kier alpha value is -1.44. The van der Waals surface area contributed by atoms with E-state index in [1.54, 1.807) is 0 Å². The molecule has 0 bridgehead atoms. The summed E-state index contributed by atoms with van der Waals surface area (Å²) in [5, 5.41) is 11.1. The maximum absolute atomic E-state index is 11.8. The summed E-state index contributed by atoms with van der Waals surface area (Å²) in [6, 6.07) is 0. The zero-order valence-corrected chi connectivity index (χ0v) is 10.8. The minimum atomic E-state index is -0.855. The highest BCUT2D eigenvalue weighted by Crippen LogP contribution is 2.01. The van der Waals surface area contributed by atoms with Gasteiger partial charge in [-0.1, -0.05) is 22.9 Å². The molecular weight excluding hydrogens is 294 g/mol. The molecule has 0 spiro atoms. The van der Waals surface area contributed by atoms with E-state index in [4.69, 9.17) is 0 Å². The first-order valence-electron chi connectivity index (χ1n) is 5.07. The lowest BCUT2D eigenvalue weighted by Crippen LogP contribution is -2.40. The van der Waals surface area contributed by atoms with Crippen LogP contribution in [0.1, 0.15) is 13.3 Å². The van der Waals surface area contributed by atoms with Gasteiger partial charge in [0.1, 0.15) is 0 Å². The number of hydrogen-bond acceptors (Lipinski definition) is 4. The fourth-order valence-corrected chi connectivity index (χ4v) is 1.80. The molecule has 0 N–H and O–H groups in total. The van der Waals surface area contributed by atoms with Crippen molar-refractivity contribution in [2.24, 2.45) is 0 Å². The summed E-state index contributed by atoms with van der Waals surface area (Å²) in [6.07, 6.45) is 1.67. The normalized spacial score (nSPS) is 10.5. The van der Waals surface area contributed by atoms with Crippen molar-refractivity contribution < 1.29 is 4.92 Å². The fraction of sp³-hybridized carbons (Fsp3) is 0.556. The molecule has 0 saturated carbocycles. The SMILES string of the molecule is CCCn1cc([N+](=O)[O-])c(=O)n(CCBr)c1=O. The van der Waals surface area contributed by atoms with Gasteiger partial charge in [-0.15, -0.1) is 0 Å². The number of hydrogen-bond donors (Lipinski definition) is 0. The van der Waals surface area contributed by atoms with E-state index in [0.29, 0.717) is 18.3 Å². The highest BCUT2D eigenvalue weighted by atomic mass is 79.9. The van der Waals surface area contributed by atoms with Gasteiger partial charge in [-0.3, -0.25) is 24.0 Å². The molecule has 0 aliphatic carbocycles. The Morgan fingerprint density at radius 2 is 2.06 bits per heavy atom. The molecule has 0 saturated heterocycles. The molecule has 0 aliphatic rings. The highest BCUT2D eigenvalue weighted by molar-refractivity contribution is 9.09. The van der Waals surface area contributed by atoms with Crippen LogP contribution in [-0.2, 0) is 13.1 Å². The maximum Gasteiger partial charge on any atom is 0.350 e. The van der Waals surface area contributed by atoms with Gasteiger partial charge in [-0.05, 0) is 6.42 Å². The minimum absolute atomic E-state index is 0.114. The first-order valence-corrected chi connectivity index (χ1v) is 6.19. The second-order valence-electron chi connectivity index (χ2n) is 3.39. The molecule has 1 rings (SSSR count). The Labute approximate surface area is 105 Å². The van der Waals surface area contributed by atoms with Gasteiger partial charge >= 0.3 is 16.9 Å². The van der Waals surface area contributed by atoms with Crippen LogP contribution in [0.3, 0.4) is 0 Å². The van der Waals surface area contributed by atoms with Crippen LogP contribution in [-0.4, -0.2) is 19.4 Å². The van der Waals surface area contributed by atoms with Crippen molar-refractivity contribution in [3.63, 3.8) is 0 Å². The largest absolute Gasteiger partial charge is 0.350 e. The molecule has 0 fully saturated rings. The van der Waals surface area contributed by atoms with Crippen molar-refractivity contribution in [1.29, 1.82) is 0 Å². The Balaban J connectivity index is 3.52. The molecule has 1 aromatic heterocycles. The van der Waals surface area contributed by atoms with Crippen molar-refractivity contribution in [2.45, 2.75) is 26.4 Å². The summed E-state index contributed by atoms with van der Waals surface area (Å²) in [6.45, 7) is 2.31. The second kappa shape index (κ2) is 5.76. The number of halogens is 1. The predicted molar refractivity (Wildman–Crippen MR) is 65.7 cm³/mol. The molecule has 0 unspecified atom stereocenters. The predicted octanol–water partition coefficient (Wildman–Crippen LogP) is 0.723. The average molecular weight is 306 g/mol. The molecule has 94 valence electrons. The molecule has 0 aliphatic heterocycles. The smallest absolute Gasteiger partial charge is 0.293 e. The van der Waals surface area contributed by atoms with E-state index in [1.165, 1.54) is 4.57 Å². The number of nitrogens with zero attached hydrogens (tertiary/aromatic N) is 3. The van der Waals surface area contributed by atoms with Crippen LogP contribution in [0.4, 0.5) is 5.69 Å². The van der Waals surface area contributed by atoms with Crippen LogP contribution < -0.4 is 11.2 Å². The second-order valence-corrected chi connectivity index (χ2v) is 4.19. The molecule has 0 amide bonds. The zero-order chi connectivity index (χ0) is 13.0. The lowest BCUT2D eigenvalue weighted by Gasteiger charge is -2.07. The van der Waals surface area contributed by atoms with E-state index in [1.807, 2.05) is 6.92 Å². The number of aryl methyl sites for hydroxylation is 1. The number of alkyl halides is 1. The molecule has 1 aromatic rings. The maximum atomic E-state index is 11.8. The van der Waals surface area contributed by atoms with Crippen molar-refractivity contribution in [3.8, 4) is 0 Å². The van der Waals surface area contributed by atoms with Gasteiger partial charge in [-0.2, -0.15) is 0 Å². The summed E-state index contributed by atoms with van der Waals surface area (Å²) in [7, 11) is 0. The van der Waals surface area contributed by atoms with Crippen LogP contribution in [0.25, 0.3) is 0 Å². The Kier molecular flexibility index (Phi) is 4.62. The lowest BCUT2D eigenvalue weighted by atomic mass is 10.4. The fourth-order valence-electron chi connectivity index (χ4n) is 1.45. The Morgan fingerprint density at radius 3 is 2.53 bits per heavy atom. The van der Waals surface area contributed by atoms with E-state index in [2.05, 4.69) is 15.9 Å². The molecule has 0 aromatic carbocycles. The minimum Gasteiger partial charge on any atom is -0.293 e. The van der Waals surface area contributed by atoms with Gasteiger partial charge in [0.15, 0.2) is 0 Å². The third kappa shape index (κ3) is 2.82. The third-order valence-corrected chi connectivity index (χ3v) is 2.54. The molecule has 8 heteroatoms. The summed E-state index contributed by atoms with van der Waals surface area (Å²) in [5.41, 5.74) is -1.94. The van der Waals surface area contributed by atoms with Gasteiger partial charge < -0.3 is 0 Å². The standard InChI is InChI=1S/C9H12BrN3O4/c1-2-4-11-6-7(13(16)17)8(14)12(5-3-10)9(11)15/h6H,2-5H2,1H3. The first-order chi connectivity index (χ1) is 8.02. The average Bonchev–Trinajstić information content (AvgIpc) is 2.27. The molecular formula is C9H12BrN3O4. The van der Waals surface area contributed by atoms with Crippen LogP contribution in [0.2, 0.25) is 0 Å². The summed E-state index contributed by atoms with van der Waals surface area (Å²) in [4.78, 5) is 33.4. The molecule has 0 atom stereocenters. The zero-order valence-electron chi connectivity index (χ0n) is 9.26. The quantitative estimate of drug-likeness (QED) is 0.456. The van der Waals surface area contributed by atoms with Crippen molar-refractivity contribution in [3.05, 3.63) is 37.1 Å². The van der Waals surface area contributed by atoms with E-state index in [-0.39, 0.29) is 6.54 Å². The van der Waals surface area contributed by atoms with Gasteiger partial charge in [0.05, 0.1) is 11.1 Å². The number of nitro groups is 1. The molecule has 1 heterocycles. The Morgan fingerprint density at radius 1 is 1.41 bits per heavy atom. The molecule has 7 nitrogen and oxygen atoms in total. The van der Waals surface area contributed by atoms with Crippen molar-refractivity contribution in [2.75, 3.05) is 5.33 Å². The molecule has 17 heavy (non-hydrogen) atoms. The van der Waals surface area contributed by atoms with Crippen LogP contribution in [0.15, 0.2) is 15.8 Å². The van der Waals surface area contributed by atoms with Gasteiger partial charge in [0.2, 0.25) is 0 Å². The summed E-state index contributed by atoms with van der Waals surface area (Å²) in [5.74, 6) is 0. The van der Waals surface area contributed by atoms with E-state index < -0.39 is 21.9 Å².